The Morgan fingerprint density at radius 1 is 1.03 bits per heavy atom. The van der Waals surface area contributed by atoms with Crippen LogP contribution < -0.4 is 14.8 Å². The minimum atomic E-state index is -0.605. The van der Waals surface area contributed by atoms with Gasteiger partial charge in [-0.05, 0) is 37.1 Å². The van der Waals surface area contributed by atoms with E-state index in [2.05, 4.69) is 22.3 Å². The lowest BCUT2D eigenvalue weighted by Gasteiger charge is -2.26. The quantitative estimate of drug-likeness (QED) is 0.526. The molecule has 160 valence electrons. The maximum Gasteiger partial charge on any atom is 0.286 e. The number of ether oxygens (including phenoxy) is 2. The van der Waals surface area contributed by atoms with Crippen LogP contribution in [0.3, 0.4) is 0 Å². The van der Waals surface area contributed by atoms with Crippen molar-refractivity contribution in [2.45, 2.75) is 32.4 Å². The number of methoxy groups -OCH3 is 2. The summed E-state index contributed by atoms with van der Waals surface area (Å²) in [7, 11) is 2.80. The topological polar surface area (TPSA) is 93.9 Å². The molecule has 8 nitrogen and oxygen atoms in total. The summed E-state index contributed by atoms with van der Waals surface area (Å²) in [6.07, 6.45) is 3.83. The molecule has 8 heteroatoms. The van der Waals surface area contributed by atoms with E-state index in [9.17, 15) is 14.9 Å². The molecule has 0 unspecified atom stereocenters. The zero-order chi connectivity index (χ0) is 21.5. The van der Waals surface area contributed by atoms with Gasteiger partial charge in [-0.15, -0.1) is 0 Å². The smallest absolute Gasteiger partial charge is 0.286 e. The van der Waals surface area contributed by atoms with E-state index in [0.717, 1.165) is 25.2 Å². The first-order valence-electron chi connectivity index (χ1n) is 10.0. The maximum atomic E-state index is 12.6. The average Bonchev–Trinajstić information content (AvgIpc) is 2.78. The number of amides is 1. The molecule has 1 aliphatic heterocycles. The van der Waals surface area contributed by atoms with Crippen molar-refractivity contribution in [3.8, 4) is 11.5 Å². The number of likely N-dealkylation sites (tertiary alicyclic amines) is 1. The van der Waals surface area contributed by atoms with Gasteiger partial charge in [-0.3, -0.25) is 19.8 Å². The minimum Gasteiger partial charge on any atom is -0.493 e. The van der Waals surface area contributed by atoms with Crippen LogP contribution in [0.1, 0.15) is 40.7 Å². The van der Waals surface area contributed by atoms with Crippen LogP contribution in [-0.2, 0) is 13.1 Å². The van der Waals surface area contributed by atoms with Crippen LogP contribution >= 0.6 is 0 Å². The third-order valence-electron chi connectivity index (χ3n) is 5.27. The first kappa shape index (κ1) is 21.6. The zero-order valence-electron chi connectivity index (χ0n) is 17.3. The molecule has 0 radical (unpaired) electrons. The van der Waals surface area contributed by atoms with Gasteiger partial charge in [-0.25, -0.2) is 0 Å². The largest absolute Gasteiger partial charge is 0.493 e. The van der Waals surface area contributed by atoms with Crippen molar-refractivity contribution in [2.24, 2.45) is 0 Å². The Kier molecular flexibility index (Phi) is 7.24. The van der Waals surface area contributed by atoms with E-state index in [4.69, 9.17) is 9.47 Å². The predicted octanol–water partition coefficient (Wildman–Crippen LogP) is 3.53. The fourth-order valence-electron chi connectivity index (χ4n) is 3.62. The Morgan fingerprint density at radius 2 is 1.63 bits per heavy atom. The molecule has 2 aromatic rings. The highest BCUT2D eigenvalue weighted by atomic mass is 16.6. The van der Waals surface area contributed by atoms with Crippen molar-refractivity contribution in [3.63, 3.8) is 0 Å². The molecule has 0 spiro atoms. The number of carbonyl (C=O) groups is 1. The van der Waals surface area contributed by atoms with Crippen molar-refractivity contribution in [1.82, 2.24) is 10.2 Å². The molecule has 1 heterocycles. The molecule has 2 aromatic carbocycles. The van der Waals surface area contributed by atoms with Crippen LogP contribution in [0.15, 0.2) is 36.4 Å². The van der Waals surface area contributed by atoms with Gasteiger partial charge in [0.2, 0.25) is 0 Å². The maximum absolute atomic E-state index is 12.6. The van der Waals surface area contributed by atoms with Crippen molar-refractivity contribution >= 4 is 11.6 Å². The van der Waals surface area contributed by atoms with Gasteiger partial charge < -0.3 is 14.8 Å². The standard InChI is InChI=1S/C22H27N3O5/c1-29-20-12-18(19(25(27)28)13-21(20)30-2)22(26)23-14-16-6-8-17(9-7-16)15-24-10-4-3-5-11-24/h6-9,12-13H,3-5,10-11,14-15H2,1-2H3,(H,23,26). The Morgan fingerprint density at radius 3 is 2.23 bits per heavy atom. The highest BCUT2D eigenvalue weighted by Crippen LogP contribution is 2.34. The van der Waals surface area contributed by atoms with Crippen LogP contribution in [0.2, 0.25) is 0 Å². The summed E-state index contributed by atoms with van der Waals surface area (Å²) in [6, 6.07) is 10.6. The lowest BCUT2D eigenvalue weighted by Crippen LogP contribution is -2.29. The normalized spacial score (nSPS) is 14.2. The van der Waals surface area contributed by atoms with E-state index in [0.29, 0.717) is 0 Å². The molecular formula is C22H27N3O5. The third-order valence-corrected chi connectivity index (χ3v) is 5.27. The number of carbonyl (C=O) groups excluding carboxylic acids is 1. The number of piperidine rings is 1. The second-order valence-corrected chi connectivity index (χ2v) is 7.32. The van der Waals surface area contributed by atoms with Crippen LogP contribution in [0.5, 0.6) is 11.5 Å². The van der Waals surface area contributed by atoms with Gasteiger partial charge >= 0.3 is 0 Å². The number of nitro groups is 1. The molecule has 0 saturated carbocycles. The highest BCUT2D eigenvalue weighted by Gasteiger charge is 2.24. The molecule has 1 aliphatic rings. The number of hydrogen-bond donors (Lipinski definition) is 1. The fourth-order valence-corrected chi connectivity index (χ4v) is 3.62. The first-order valence-corrected chi connectivity index (χ1v) is 10.0. The molecule has 1 fully saturated rings. The molecule has 0 bridgehead atoms. The molecule has 30 heavy (non-hydrogen) atoms. The van der Waals surface area contributed by atoms with Crippen molar-refractivity contribution < 1.29 is 19.2 Å². The number of nitrogens with one attached hydrogen (secondary N) is 1. The van der Waals surface area contributed by atoms with Gasteiger partial charge in [0.1, 0.15) is 5.56 Å². The predicted molar refractivity (Wildman–Crippen MR) is 113 cm³/mol. The summed E-state index contributed by atoms with van der Waals surface area (Å²) in [5.74, 6) is -0.0830. The summed E-state index contributed by atoms with van der Waals surface area (Å²) >= 11 is 0. The van der Waals surface area contributed by atoms with E-state index in [1.54, 1.807) is 0 Å². The summed E-state index contributed by atoms with van der Waals surface area (Å²) in [5, 5.41) is 14.1. The fraction of sp³-hybridized carbons (Fsp3) is 0.409. The van der Waals surface area contributed by atoms with E-state index < -0.39 is 10.8 Å². The number of nitrogens with zero attached hydrogens (tertiary/aromatic N) is 2. The second-order valence-electron chi connectivity index (χ2n) is 7.32. The molecule has 3 rings (SSSR count). The first-order chi connectivity index (χ1) is 14.5. The van der Waals surface area contributed by atoms with Crippen molar-refractivity contribution in [3.05, 3.63) is 63.2 Å². The van der Waals surface area contributed by atoms with Gasteiger partial charge in [-0.1, -0.05) is 30.7 Å². The zero-order valence-corrected chi connectivity index (χ0v) is 17.3. The molecule has 0 aliphatic carbocycles. The second kappa shape index (κ2) is 10.1. The molecule has 1 saturated heterocycles. The summed E-state index contributed by atoms with van der Waals surface area (Å²) in [6.45, 7) is 3.49. The molecule has 0 atom stereocenters. The number of hydrogen-bond acceptors (Lipinski definition) is 6. The average molecular weight is 413 g/mol. The molecule has 1 amide bonds. The van der Waals surface area contributed by atoms with E-state index >= 15 is 0 Å². The Labute approximate surface area is 175 Å². The van der Waals surface area contributed by atoms with Gasteiger partial charge in [-0.2, -0.15) is 0 Å². The minimum absolute atomic E-state index is 0.0700. The van der Waals surface area contributed by atoms with Gasteiger partial charge in [0, 0.05) is 19.2 Å². The molecular weight excluding hydrogens is 386 g/mol. The Bertz CT molecular complexity index is 892. The van der Waals surface area contributed by atoms with Gasteiger partial charge in [0.25, 0.3) is 11.6 Å². The van der Waals surface area contributed by atoms with Crippen molar-refractivity contribution in [2.75, 3.05) is 27.3 Å². The molecule has 1 N–H and O–H groups in total. The number of nitro benzene ring substituents is 1. The summed E-state index contributed by atoms with van der Waals surface area (Å²) in [5.41, 5.74) is 1.76. The highest BCUT2D eigenvalue weighted by molar-refractivity contribution is 5.99. The van der Waals surface area contributed by atoms with Crippen molar-refractivity contribution in [1.29, 1.82) is 0 Å². The van der Waals surface area contributed by atoms with Crippen LogP contribution in [0.25, 0.3) is 0 Å². The Balaban J connectivity index is 1.65. The number of rotatable bonds is 8. The van der Waals surface area contributed by atoms with Gasteiger partial charge in [0.15, 0.2) is 11.5 Å². The van der Waals surface area contributed by atoms with E-state index in [1.165, 1.54) is 51.2 Å². The summed E-state index contributed by atoms with van der Waals surface area (Å²) < 4.78 is 10.3. The van der Waals surface area contributed by atoms with Crippen LogP contribution in [0.4, 0.5) is 5.69 Å². The monoisotopic (exact) mass is 413 g/mol. The lowest BCUT2D eigenvalue weighted by molar-refractivity contribution is -0.385. The van der Waals surface area contributed by atoms with E-state index in [1.807, 2.05) is 12.1 Å². The number of benzene rings is 2. The van der Waals surface area contributed by atoms with Crippen LogP contribution in [-0.4, -0.2) is 43.0 Å². The van der Waals surface area contributed by atoms with Gasteiger partial charge in [0.05, 0.1) is 25.2 Å². The Hall–Kier alpha value is -3.13. The lowest BCUT2D eigenvalue weighted by atomic mass is 10.1. The summed E-state index contributed by atoms with van der Waals surface area (Å²) in [4.78, 5) is 25.9. The SMILES string of the molecule is COc1cc(C(=O)NCc2ccc(CN3CCCCC3)cc2)c([N+](=O)[O-])cc1OC. The third kappa shape index (κ3) is 5.27. The van der Waals surface area contributed by atoms with E-state index in [-0.39, 0.29) is 29.3 Å². The molecule has 0 aromatic heterocycles. The van der Waals surface area contributed by atoms with Crippen LogP contribution in [0, 0.1) is 10.1 Å².